The predicted octanol–water partition coefficient (Wildman–Crippen LogP) is 3.81. The van der Waals surface area contributed by atoms with Crippen molar-refractivity contribution in [1.29, 1.82) is 0 Å². The van der Waals surface area contributed by atoms with Gasteiger partial charge in [-0.25, -0.2) is 9.59 Å². The third kappa shape index (κ3) is 8.24. The smallest absolute Gasteiger partial charge is 0.408 e. The van der Waals surface area contributed by atoms with Gasteiger partial charge < -0.3 is 14.8 Å². The highest BCUT2D eigenvalue weighted by Gasteiger charge is 2.25. The molecular weight excluding hydrogens is 294 g/mol. The summed E-state index contributed by atoms with van der Waals surface area (Å²) in [5.41, 5.74) is 0.306. The summed E-state index contributed by atoms with van der Waals surface area (Å²) in [6.45, 7) is 7.56. The zero-order valence-electron chi connectivity index (χ0n) is 14.4. The van der Waals surface area contributed by atoms with Crippen LogP contribution in [0.25, 0.3) is 0 Å². The van der Waals surface area contributed by atoms with Crippen molar-refractivity contribution in [3.63, 3.8) is 0 Å². The van der Waals surface area contributed by atoms with Crippen LogP contribution in [0.1, 0.15) is 52.5 Å². The van der Waals surface area contributed by atoms with Crippen LogP contribution >= 0.6 is 0 Å². The molecule has 5 nitrogen and oxygen atoms in total. The molecule has 1 rings (SSSR count). The first kappa shape index (κ1) is 19.0. The molecule has 1 aromatic rings. The number of carbonyl (C=O) groups is 2. The highest BCUT2D eigenvalue weighted by molar-refractivity contribution is 5.81. The number of hydrogen-bond donors (Lipinski definition) is 1. The van der Waals surface area contributed by atoms with Crippen LogP contribution in [0, 0.1) is 0 Å². The fourth-order valence-corrected chi connectivity index (χ4v) is 1.94. The Kier molecular flexibility index (Phi) is 7.59. The van der Waals surface area contributed by atoms with Gasteiger partial charge in [-0.2, -0.15) is 0 Å². The second kappa shape index (κ2) is 9.18. The molecule has 1 amide bonds. The van der Waals surface area contributed by atoms with Crippen LogP contribution < -0.4 is 5.32 Å². The number of unbranched alkanes of at least 4 members (excludes halogenated alkanes) is 1. The number of alkyl carbamates (subject to hydrolysis) is 1. The van der Waals surface area contributed by atoms with Crippen LogP contribution in [-0.2, 0) is 20.9 Å². The Balaban J connectivity index is 2.57. The van der Waals surface area contributed by atoms with Gasteiger partial charge in [0.2, 0.25) is 0 Å². The van der Waals surface area contributed by atoms with Crippen LogP contribution in [0.3, 0.4) is 0 Å². The second-order valence-electron chi connectivity index (χ2n) is 6.43. The van der Waals surface area contributed by atoms with Crippen molar-refractivity contribution in [1.82, 2.24) is 5.32 Å². The van der Waals surface area contributed by atoms with Crippen molar-refractivity contribution in [3.05, 3.63) is 35.9 Å². The summed E-state index contributed by atoms with van der Waals surface area (Å²) in [5.74, 6) is -0.437. The fourth-order valence-electron chi connectivity index (χ4n) is 1.94. The van der Waals surface area contributed by atoms with Gasteiger partial charge in [-0.15, -0.1) is 0 Å². The van der Waals surface area contributed by atoms with Gasteiger partial charge in [0.15, 0.2) is 0 Å². The summed E-state index contributed by atoms with van der Waals surface area (Å²) in [6.07, 6.45) is 1.68. The molecule has 23 heavy (non-hydrogen) atoms. The van der Waals surface area contributed by atoms with E-state index in [0.29, 0.717) is 6.42 Å². The number of rotatable bonds is 7. The molecule has 1 aromatic carbocycles. The third-order valence-electron chi connectivity index (χ3n) is 3.05. The molecule has 0 aliphatic rings. The van der Waals surface area contributed by atoms with Crippen LogP contribution in [0.5, 0.6) is 0 Å². The number of nitrogens with one attached hydrogen (secondary N) is 1. The van der Waals surface area contributed by atoms with Gasteiger partial charge in [0, 0.05) is 0 Å². The average molecular weight is 321 g/mol. The van der Waals surface area contributed by atoms with E-state index in [0.717, 1.165) is 18.4 Å². The molecule has 0 saturated heterocycles. The Hall–Kier alpha value is -2.04. The molecule has 1 N–H and O–H groups in total. The van der Waals surface area contributed by atoms with E-state index in [4.69, 9.17) is 9.47 Å². The normalized spacial score (nSPS) is 12.3. The fraction of sp³-hybridized carbons (Fsp3) is 0.556. The van der Waals surface area contributed by atoms with E-state index < -0.39 is 23.7 Å². The van der Waals surface area contributed by atoms with E-state index in [2.05, 4.69) is 5.32 Å². The van der Waals surface area contributed by atoms with Crippen LogP contribution in [0.15, 0.2) is 30.3 Å². The molecule has 1 atom stereocenters. The van der Waals surface area contributed by atoms with Gasteiger partial charge >= 0.3 is 12.1 Å². The van der Waals surface area contributed by atoms with Crippen molar-refractivity contribution in [2.45, 2.75) is 65.2 Å². The molecule has 0 fully saturated rings. The lowest BCUT2D eigenvalue weighted by Gasteiger charge is -2.23. The Labute approximate surface area is 138 Å². The number of hydrogen-bond acceptors (Lipinski definition) is 4. The van der Waals surface area contributed by atoms with Gasteiger partial charge in [-0.1, -0.05) is 50.1 Å². The minimum absolute atomic E-state index is 0.193. The standard InChI is InChI=1S/C18H27NO4/c1-5-6-12-15(19-17(21)23-18(2,3)4)16(20)22-13-14-10-8-7-9-11-14/h7-11,15H,5-6,12-13H2,1-4H3,(H,19,21)/t15-/m0/s1. The molecule has 0 heterocycles. The summed E-state index contributed by atoms with van der Waals surface area (Å²) < 4.78 is 10.5. The molecule has 0 radical (unpaired) electrons. The molecule has 0 saturated carbocycles. The number of carbonyl (C=O) groups excluding carboxylic acids is 2. The summed E-state index contributed by atoms with van der Waals surface area (Å²) in [5, 5.41) is 2.61. The molecule has 128 valence electrons. The average Bonchev–Trinajstić information content (AvgIpc) is 2.48. The quantitative estimate of drug-likeness (QED) is 0.776. The zero-order chi connectivity index (χ0) is 17.3. The van der Waals surface area contributed by atoms with Crippen molar-refractivity contribution in [3.8, 4) is 0 Å². The minimum Gasteiger partial charge on any atom is -0.459 e. The monoisotopic (exact) mass is 321 g/mol. The van der Waals surface area contributed by atoms with Gasteiger partial charge in [0.05, 0.1) is 0 Å². The van der Waals surface area contributed by atoms with Crippen molar-refractivity contribution in [2.75, 3.05) is 0 Å². The highest BCUT2D eigenvalue weighted by atomic mass is 16.6. The maximum atomic E-state index is 12.2. The number of esters is 1. The lowest BCUT2D eigenvalue weighted by molar-refractivity contribution is -0.147. The lowest BCUT2D eigenvalue weighted by atomic mass is 10.1. The van der Waals surface area contributed by atoms with Crippen LogP contribution in [0.4, 0.5) is 4.79 Å². The van der Waals surface area contributed by atoms with E-state index in [1.807, 2.05) is 37.3 Å². The number of benzene rings is 1. The Morgan fingerprint density at radius 1 is 1.17 bits per heavy atom. The van der Waals surface area contributed by atoms with Crippen molar-refractivity contribution >= 4 is 12.1 Å². The maximum absolute atomic E-state index is 12.2. The maximum Gasteiger partial charge on any atom is 0.408 e. The first-order valence-electron chi connectivity index (χ1n) is 8.02. The van der Waals surface area contributed by atoms with Crippen LogP contribution in [0.2, 0.25) is 0 Å². The van der Waals surface area contributed by atoms with Crippen molar-refractivity contribution in [2.24, 2.45) is 0 Å². The number of ether oxygens (including phenoxy) is 2. The molecule has 0 spiro atoms. The summed E-state index contributed by atoms with van der Waals surface area (Å²) >= 11 is 0. The third-order valence-corrected chi connectivity index (χ3v) is 3.05. The largest absolute Gasteiger partial charge is 0.459 e. The molecule has 0 bridgehead atoms. The van der Waals surface area contributed by atoms with E-state index in [1.165, 1.54) is 0 Å². The van der Waals surface area contributed by atoms with Gasteiger partial charge in [0.1, 0.15) is 18.2 Å². The Morgan fingerprint density at radius 2 is 1.83 bits per heavy atom. The second-order valence-corrected chi connectivity index (χ2v) is 6.43. The van der Waals surface area contributed by atoms with Gasteiger partial charge in [-0.05, 0) is 32.8 Å². The van der Waals surface area contributed by atoms with Gasteiger partial charge in [-0.3, -0.25) is 0 Å². The van der Waals surface area contributed by atoms with E-state index in [1.54, 1.807) is 20.8 Å². The van der Waals surface area contributed by atoms with Gasteiger partial charge in [0.25, 0.3) is 0 Å². The molecule has 0 aliphatic heterocycles. The lowest BCUT2D eigenvalue weighted by Crippen LogP contribution is -2.44. The van der Waals surface area contributed by atoms with Crippen LogP contribution in [-0.4, -0.2) is 23.7 Å². The first-order valence-corrected chi connectivity index (χ1v) is 8.02. The SMILES string of the molecule is CCCC[C@H](NC(=O)OC(C)(C)C)C(=O)OCc1ccccc1. The minimum atomic E-state index is -0.687. The Bertz CT molecular complexity index is 493. The number of amides is 1. The predicted molar refractivity (Wildman–Crippen MR) is 88.9 cm³/mol. The summed E-state index contributed by atoms with van der Waals surface area (Å²) in [6, 6.07) is 8.76. The van der Waals surface area contributed by atoms with Crippen molar-refractivity contribution < 1.29 is 19.1 Å². The molecule has 0 aliphatic carbocycles. The molecule has 0 aromatic heterocycles. The Morgan fingerprint density at radius 3 is 2.39 bits per heavy atom. The summed E-state index contributed by atoms with van der Waals surface area (Å²) in [7, 11) is 0. The van der Waals surface area contributed by atoms with E-state index in [-0.39, 0.29) is 6.61 Å². The first-order chi connectivity index (χ1) is 10.8. The molecule has 5 heteroatoms. The molecule has 0 unspecified atom stereocenters. The molecular formula is C18H27NO4. The highest BCUT2D eigenvalue weighted by Crippen LogP contribution is 2.10. The van der Waals surface area contributed by atoms with E-state index in [9.17, 15) is 9.59 Å². The van der Waals surface area contributed by atoms with E-state index >= 15 is 0 Å². The topological polar surface area (TPSA) is 64.6 Å². The summed E-state index contributed by atoms with van der Waals surface area (Å²) in [4.78, 5) is 24.1. The zero-order valence-corrected chi connectivity index (χ0v) is 14.4.